The quantitative estimate of drug-likeness (QED) is 0.677. The molecule has 0 spiro atoms. The number of aliphatic hydroxyl groups is 1. The zero-order chi connectivity index (χ0) is 7.68. The highest BCUT2D eigenvalue weighted by Crippen LogP contribution is 2.13. The fourth-order valence-corrected chi connectivity index (χ4v) is 1.07. The van der Waals surface area contributed by atoms with Gasteiger partial charge >= 0.3 is 0 Å². The minimum atomic E-state index is -0.196. The van der Waals surface area contributed by atoms with E-state index in [1.54, 1.807) is 18.5 Å². The van der Waals surface area contributed by atoms with Crippen LogP contribution in [-0.4, -0.2) is 34.3 Å². The molecule has 4 nitrogen and oxygen atoms in total. The Morgan fingerprint density at radius 2 is 1.92 bits per heavy atom. The number of rotatable bonds is 1. The summed E-state index contributed by atoms with van der Waals surface area (Å²) in [4.78, 5) is 10.0. The lowest BCUT2D eigenvalue weighted by Crippen LogP contribution is -2.51. The van der Waals surface area contributed by atoms with E-state index in [4.69, 9.17) is 5.11 Å². The van der Waals surface area contributed by atoms with Crippen LogP contribution >= 0.6 is 12.4 Å². The Morgan fingerprint density at radius 3 is 2.42 bits per heavy atom. The largest absolute Gasteiger partial charge is 0.389 e. The number of aliphatic hydroxyl groups excluding tert-OH is 1. The molecule has 1 N–H and O–H groups in total. The molecule has 2 rings (SSSR count). The predicted molar refractivity (Wildman–Crippen MR) is 47.5 cm³/mol. The van der Waals surface area contributed by atoms with Gasteiger partial charge in [-0.15, -0.1) is 12.4 Å². The number of hydrogen-bond acceptors (Lipinski definition) is 4. The van der Waals surface area contributed by atoms with E-state index in [-0.39, 0.29) is 18.5 Å². The molecule has 5 heteroatoms. The van der Waals surface area contributed by atoms with Crippen molar-refractivity contribution in [3.8, 4) is 0 Å². The van der Waals surface area contributed by atoms with Crippen LogP contribution in [-0.2, 0) is 0 Å². The van der Waals surface area contributed by atoms with Gasteiger partial charge in [0.15, 0.2) is 0 Å². The van der Waals surface area contributed by atoms with Gasteiger partial charge < -0.3 is 10.0 Å². The highest BCUT2D eigenvalue weighted by atomic mass is 35.5. The van der Waals surface area contributed by atoms with Gasteiger partial charge in [0.2, 0.25) is 5.95 Å². The molecule has 1 aliphatic heterocycles. The molecule has 1 fully saturated rings. The number of anilines is 1. The van der Waals surface area contributed by atoms with Crippen LogP contribution in [0.5, 0.6) is 0 Å². The molecule has 0 bridgehead atoms. The van der Waals surface area contributed by atoms with Crippen LogP contribution in [0, 0.1) is 0 Å². The molecule has 1 aromatic heterocycles. The van der Waals surface area contributed by atoms with Crippen LogP contribution in [0.2, 0.25) is 0 Å². The third-order valence-corrected chi connectivity index (χ3v) is 1.70. The first-order valence-corrected chi connectivity index (χ1v) is 3.56. The van der Waals surface area contributed by atoms with Crippen molar-refractivity contribution >= 4 is 18.4 Å². The first-order chi connectivity index (χ1) is 5.36. The molecule has 1 aromatic rings. The Kier molecular flexibility index (Phi) is 2.83. The van der Waals surface area contributed by atoms with Crippen LogP contribution in [0.3, 0.4) is 0 Å². The second kappa shape index (κ2) is 3.69. The first-order valence-electron chi connectivity index (χ1n) is 3.56. The van der Waals surface area contributed by atoms with Gasteiger partial charge in [-0.05, 0) is 6.07 Å². The van der Waals surface area contributed by atoms with E-state index in [0.29, 0.717) is 19.0 Å². The Hall–Kier alpha value is -0.870. The summed E-state index contributed by atoms with van der Waals surface area (Å²) in [5, 5.41) is 8.98. The summed E-state index contributed by atoms with van der Waals surface area (Å²) in [6.07, 6.45) is 3.21. The molecule has 0 atom stereocenters. The zero-order valence-corrected chi connectivity index (χ0v) is 7.24. The predicted octanol–water partition coefficient (Wildman–Crippen LogP) is 0.0793. The summed E-state index contributed by atoms with van der Waals surface area (Å²) in [6, 6.07) is 1.78. The number of aromatic nitrogens is 2. The molecule has 66 valence electrons. The van der Waals surface area contributed by atoms with Crippen molar-refractivity contribution in [2.75, 3.05) is 18.0 Å². The smallest absolute Gasteiger partial charge is 0.225 e. The van der Waals surface area contributed by atoms with E-state index >= 15 is 0 Å². The zero-order valence-electron chi connectivity index (χ0n) is 6.42. The average molecular weight is 188 g/mol. The van der Waals surface area contributed by atoms with Crippen molar-refractivity contribution in [1.29, 1.82) is 0 Å². The van der Waals surface area contributed by atoms with Crippen LogP contribution in [0.15, 0.2) is 18.5 Å². The van der Waals surface area contributed by atoms with Crippen LogP contribution in [0.4, 0.5) is 5.95 Å². The molecule has 0 unspecified atom stereocenters. The topological polar surface area (TPSA) is 49.2 Å². The third-order valence-electron chi connectivity index (χ3n) is 1.70. The van der Waals surface area contributed by atoms with E-state index in [2.05, 4.69) is 9.97 Å². The molecule has 12 heavy (non-hydrogen) atoms. The van der Waals surface area contributed by atoms with Gasteiger partial charge in [0.25, 0.3) is 0 Å². The van der Waals surface area contributed by atoms with E-state index in [9.17, 15) is 0 Å². The minimum absolute atomic E-state index is 0. The summed E-state index contributed by atoms with van der Waals surface area (Å²) >= 11 is 0. The minimum Gasteiger partial charge on any atom is -0.389 e. The molecule has 2 heterocycles. The highest BCUT2D eigenvalue weighted by molar-refractivity contribution is 5.85. The van der Waals surface area contributed by atoms with Crippen molar-refractivity contribution in [2.45, 2.75) is 6.10 Å². The number of nitrogens with zero attached hydrogens (tertiary/aromatic N) is 3. The van der Waals surface area contributed by atoms with Gasteiger partial charge in [0.1, 0.15) is 0 Å². The molecule has 0 saturated carbocycles. The Balaban J connectivity index is 0.000000720. The summed E-state index contributed by atoms with van der Waals surface area (Å²) in [7, 11) is 0. The fraction of sp³-hybridized carbons (Fsp3) is 0.429. The lowest BCUT2D eigenvalue weighted by atomic mass is 10.2. The SMILES string of the molecule is Cl.OC1CN(c2ncccn2)C1. The standard InChI is InChI=1S/C7H9N3O.ClH/c11-6-4-10(5-6)7-8-2-1-3-9-7;/h1-3,6,11H,4-5H2;1H. The number of hydrogen-bond donors (Lipinski definition) is 1. The number of halogens is 1. The third kappa shape index (κ3) is 1.65. The second-order valence-electron chi connectivity index (χ2n) is 2.61. The van der Waals surface area contributed by atoms with Gasteiger partial charge in [-0.1, -0.05) is 0 Å². The number of β-amino-alcohol motifs (C(OH)–C–C–N with tert-alkyl or cyclic N) is 1. The van der Waals surface area contributed by atoms with Gasteiger partial charge in [0, 0.05) is 25.5 Å². The van der Waals surface area contributed by atoms with Gasteiger partial charge in [-0.2, -0.15) is 0 Å². The lowest BCUT2D eigenvalue weighted by molar-refractivity contribution is 0.140. The second-order valence-corrected chi connectivity index (χ2v) is 2.61. The molecule has 1 saturated heterocycles. The molecule has 0 amide bonds. The fourth-order valence-electron chi connectivity index (χ4n) is 1.07. The van der Waals surface area contributed by atoms with E-state index < -0.39 is 0 Å². The van der Waals surface area contributed by atoms with Crippen LogP contribution < -0.4 is 4.90 Å². The molecular formula is C7H10ClN3O. The molecule has 0 aromatic carbocycles. The first kappa shape index (κ1) is 9.22. The molecular weight excluding hydrogens is 178 g/mol. The van der Waals surface area contributed by atoms with Gasteiger partial charge in [-0.25, -0.2) is 9.97 Å². The molecule has 1 aliphatic rings. The summed E-state index contributed by atoms with van der Waals surface area (Å²) in [5.41, 5.74) is 0. The molecule has 0 radical (unpaired) electrons. The maximum absolute atomic E-state index is 8.98. The van der Waals surface area contributed by atoms with E-state index in [0.717, 1.165) is 0 Å². The normalized spacial score (nSPS) is 16.6. The van der Waals surface area contributed by atoms with Crippen LogP contribution in [0.25, 0.3) is 0 Å². The Morgan fingerprint density at radius 1 is 1.33 bits per heavy atom. The van der Waals surface area contributed by atoms with Gasteiger partial charge in [-0.3, -0.25) is 0 Å². The maximum Gasteiger partial charge on any atom is 0.225 e. The van der Waals surface area contributed by atoms with Crippen molar-refractivity contribution < 1.29 is 5.11 Å². The Bertz CT molecular complexity index is 238. The maximum atomic E-state index is 8.98. The molecule has 0 aliphatic carbocycles. The van der Waals surface area contributed by atoms with E-state index in [1.807, 2.05) is 4.90 Å². The van der Waals surface area contributed by atoms with E-state index in [1.165, 1.54) is 0 Å². The lowest BCUT2D eigenvalue weighted by Gasteiger charge is -2.35. The van der Waals surface area contributed by atoms with Crippen molar-refractivity contribution in [3.63, 3.8) is 0 Å². The van der Waals surface area contributed by atoms with Crippen LogP contribution in [0.1, 0.15) is 0 Å². The van der Waals surface area contributed by atoms with Crippen molar-refractivity contribution in [3.05, 3.63) is 18.5 Å². The summed E-state index contributed by atoms with van der Waals surface area (Å²) in [5.74, 6) is 0.706. The van der Waals surface area contributed by atoms with Gasteiger partial charge in [0.05, 0.1) is 6.10 Å². The monoisotopic (exact) mass is 187 g/mol. The summed E-state index contributed by atoms with van der Waals surface area (Å²) in [6.45, 7) is 1.31. The average Bonchev–Trinajstić information content (AvgIpc) is 2.01. The van der Waals surface area contributed by atoms with Crippen molar-refractivity contribution in [2.24, 2.45) is 0 Å². The van der Waals surface area contributed by atoms with Crippen molar-refractivity contribution in [1.82, 2.24) is 9.97 Å². The highest BCUT2D eigenvalue weighted by Gasteiger charge is 2.25. The Labute approximate surface area is 76.7 Å². The summed E-state index contributed by atoms with van der Waals surface area (Å²) < 4.78 is 0.